The molecule has 0 aliphatic carbocycles. The molecule has 0 spiro atoms. The molecule has 0 radical (unpaired) electrons. The Morgan fingerprint density at radius 2 is 2.21 bits per heavy atom. The van der Waals surface area contributed by atoms with Crippen LogP contribution in [0.4, 0.5) is 5.69 Å². The molecule has 102 valence electrons. The highest BCUT2D eigenvalue weighted by Gasteiger charge is 2.16. The summed E-state index contributed by atoms with van der Waals surface area (Å²) in [7, 11) is -3.63. The summed E-state index contributed by atoms with van der Waals surface area (Å²) in [5.41, 5.74) is 8.39. The highest BCUT2D eigenvalue weighted by molar-refractivity contribution is 7.89. The van der Waals surface area contributed by atoms with Crippen LogP contribution in [0.1, 0.15) is 10.4 Å². The number of sulfonamides is 1. The van der Waals surface area contributed by atoms with Gasteiger partial charge in [0.15, 0.2) is 0 Å². The standard InChI is InChI=1S/C11H12ClN3O2S2/c1-7-10(12)2-9(3-11(7)13)19(16,17)15-5-8-4-14-6-18-8/h2-4,6,15H,5,13H2,1H3. The summed E-state index contributed by atoms with van der Waals surface area (Å²) in [4.78, 5) is 4.77. The van der Waals surface area contributed by atoms with Gasteiger partial charge in [-0.05, 0) is 24.6 Å². The maximum absolute atomic E-state index is 12.1. The summed E-state index contributed by atoms with van der Waals surface area (Å²) in [6.07, 6.45) is 1.61. The maximum Gasteiger partial charge on any atom is 0.241 e. The van der Waals surface area contributed by atoms with E-state index >= 15 is 0 Å². The first-order chi connectivity index (χ1) is 8.90. The minimum absolute atomic E-state index is 0.0603. The van der Waals surface area contributed by atoms with Gasteiger partial charge >= 0.3 is 0 Å². The van der Waals surface area contributed by atoms with Gasteiger partial charge < -0.3 is 5.73 Å². The second kappa shape index (κ2) is 5.46. The van der Waals surface area contributed by atoms with Crippen LogP contribution in [0, 0.1) is 6.92 Å². The van der Waals surface area contributed by atoms with Gasteiger partial charge in [0.1, 0.15) is 0 Å². The average Bonchev–Trinajstić information content (AvgIpc) is 2.86. The molecule has 0 aliphatic heterocycles. The molecule has 1 aromatic heterocycles. The fourth-order valence-corrected chi connectivity index (χ4v) is 3.39. The van der Waals surface area contributed by atoms with Crippen LogP contribution in [0.3, 0.4) is 0 Å². The van der Waals surface area contributed by atoms with Gasteiger partial charge in [-0.25, -0.2) is 13.1 Å². The zero-order valence-corrected chi connectivity index (χ0v) is 12.4. The largest absolute Gasteiger partial charge is 0.398 e. The van der Waals surface area contributed by atoms with Crippen molar-refractivity contribution in [3.05, 3.63) is 39.3 Å². The fourth-order valence-electron chi connectivity index (χ4n) is 1.41. The van der Waals surface area contributed by atoms with Crippen molar-refractivity contribution in [2.75, 3.05) is 5.73 Å². The molecule has 3 N–H and O–H groups in total. The van der Waals surface area contributed by atoms with E-state index in [1.165, 1.54) is 23.5 Å². The van der Waals surface area contributed by atoms with Crippen molar-refractivity contribution < 1.29 is 8.42 Å². The summed E-state index contributed by atoms with van der Waals surface area (Å²) in [6, 6.07) is 2.79. The Morgan fingerprint density at radius 1 is 1.47 bits per heavy atom. The summed E-state index contributed by atoms with van der Waals surface area (Å²) in [6.45, 7) is 1.93. The number of nitrogens with zero attached hydrogens (tertiary/aromatic N) is 1. The van der Waals surface area contributed by atoms with Gasteiger partial charge in [0.05, 0.1) is 10.4 Å². The normalized spacial score (nSPS) is 11.7. The van der Waals surface area contributed by atoms with E-state index < -0.39 is 10.0 Å². The lowest BCUT2D eigenvalue weighted by Gasteiger charge is -2.09. The average molecular weight is 318 g/mol. The van der Waals surface area contributed by atoms with Crippen LogP contribution >= 0.6 is 22.9 Å². The molecule has 19 heavy (non-hydrogen) atoms. The molecule has 1 aromatic carbocycles. The van der Waals surface area contributed by atoms with Crippen LogP contribution in [0.25, 0.3) is 0 Å². The molecule has 0 saturated heterocycles. The van der Waals surface area contributed by atoms with E-state index in [0.29, 0.717) is 16.3 Å². The minimum Gasteiger partial charge on any atom is -0.398 e. The van der Waals surface area contributed by atoms with Crippen molar-refractivity contribution in [1.29, 1.82) is 0 Å². The van der Waals surface area contributed by atoms with Crippen LogP contribution in [0.2, 0.25) is 5.02 Å². The van der Waals surface area contributed by atoms with E-state index in [-0.39, 0.29) is 11.4 Å². The second-order valence-corrected chi connectivity index (χ2v) is 7.06. The van der Waals surface area contributed by atoms with Crippen LogP contribution in [0.5, 0.6) is 0 Å². The number of rotatable bonds is 4. The summed E-state index contributed by atoms with van der Waals surface area (Å²) >= 11 is 7.32. The fraction of sp³-hybridized carbons (Fsp3) is 0.182. The van der Waals surface area contributed by atoms with Crippen LogP contribution in [-0.2, 0) is 16.6 Å². The zero-order valence-electron chi connectivity index (χ0n) is 10.1. The van der Waals surface area contributed by atoms with Gasteiger partial charge in [0.2, 0.25) is 10.0 Å². The van der Waals surface area contributed by atoms with E-state index in [9.17, 15) is 8.42 Å². The third-order valence-corrected chi connectivity index (χ3v) is 5.14. The quantitative estimate of drug-likeness (QED) is 0.846. The number of nitrogens with one attached hydrogen (secondary N) is 1. The van der Waals surface area contributed by atoms with Crippen molar-refractivity contribution in [2.45, 2.75) is 18.4 Å². The van der Waals surface area contributed by atoms with Gasteiger partial charge in [0.25, 0.3) is 0 Å². The molecule has 0 amide bonds. The molecule has 5 nitrogen and oxygen atoms in total. The Balaban J connectivity index is 2.24. The Kier molecular flexibility index (Phi) is 4.10. The van der Waals surface area contributed by atoms with Crippen LogP contribution < -0.4 is 10.5 Å². The number of nitrogen functional groups attached to an aromatic ring is 1. The van der Waals surface area contributed by atoms with Crippen LogP contribution in [0.15, 0.2) is 28.7 Å². The van der Waals surface area contributed by atoms with E-state index in [1.807, 2.05) is 0 Å². The predicted octanol–water partition coefficient (Wildman–Crippen LogP) is 2.17. The first-order valence-electron chi connectivity index (χ1n) is 5.33. The second-order valence-electron chi connectivity index (χ2n) is 3.91. The van der Waals surface area contributed by atoms with Gasteiger partial charge in [-0.3, -0.25) is 4.98 Å². The molecule has 2 rings (SSSR count). The highest BCUT2D eigenvalue weighted by Crippen LogP contribution is 2.26. The Labute approximate surface area is 120 Å². The molecule has 0 saturated carbocycles. The Bertz CT molecular complexity index is 661. The monoisotopic (exact) mass is 317 g/mol. The first kappa shape index (κ1) is 14.3. The number of halogens is 1. The molecule has 1 heterocycles. The lowest BCUT2D eigenvalue weighted by molar-refractivity contribution is 0.582. The van der Waals surface area contributed by atoms with E-state index in [1.54, 1.807) is 18.6 Å². The SMILES string of the molecule is Cc1c(N)cc(S(=O)(=O)NCc2cncs2)cc1Cl. The summed E-state index contributed by atoms with van der Waals surface area (Å²) < 4.78 is 26.7. The lowest BCUT2D eigenvalue weighted by atomic mass is 10.2. The molecule has 0 bridgehead atoms. The molecule has 0 fully saturated rings. The molecule has 0 aliphatic rings. The highest BCUT2D eigenvalue weighted by atomic mass is 35.5. The van der Waals surface area contributed by atoms with Gasteiger partial charge in [-0.2, -0.15) is 0 Å². The van der Waals surface area contributed by atoms with E-state index in [2.05, 4.69) is 9.71 Å². The van der Waals surface area contributed by atoms with E-state index in [0.717, 1.165) is 4.88 Å². The van der Waals surface area contributed by atoms with Crippen molar-refractivity contribution in [1.82, 2.24) is 9.71 Å². The number of benzene rings is 1. The summed E-state index contributed by atoms with van der Waals surface area (Å²) in [5.74, 6) is 0. The smallest absolute Gasteiger partial charge is 0.241 e. The van der Waals surface area contributed by atoms with Gasteiger partial charge in [-0.15, -0.1) is 11.3 Å². The molecular formula is C11H12ClN3O2S2. The number of aromatic nitrogens is 1. The molecule has 8 heteroatoms. The third kappa shape index (κ3) is 3.24. The van der Waals surface area contributed by atoms with Gasteiger partial charge in [0, 0.05) is 28.3 Å². The van der Waals surface area contributed by atoms with Crippen molar-refractivity contribution in [2.24, 2.45) is 0 Å². The summed E-state index contributed by atoms with van der Waals surface area (Å²) in [5, 5.41) is 0.332. The topological polar surface area (TPSA) is 85.1 Å². The maximum atomic E-state index is 12.1. The van der Waals surface area contributed by atoms with Crippen molar-refractivity contribution in [3.63, 3.8) is 0 Å². The lowest BCUT2D eigenvalue weighted by Crippen LogP contribution is -2.23. The number of hydrogen-bond acceptors (Lipinski definition) is 5. The van der Waals surface area contributed by atoms with E-state index in [4.69, 9.17) is 17.3 Å². The van der Waals surface area contributed by atoms with Crippen LogP contribution in [-0.4, -0.2) is 13.4 Å². The zero-order chi connectivity index (χ0) is 14.0. The molecule has 2 aromatic rings. The molecule has 0 unspecified atom stereocenters. The molecule has 0 atom stereocenters. The molecular weight excluding hydrogens is 306 g/mol. The van der Waals surface area contributed by atoms with Crippen molar-refractivity contribution >= 4 is 38.6 Å². The number of thiazole rings is 1. The van der Waals surface area contributed by atoms with Gasteiger partial charge in [-0.1, -0.05) is 11.6 Å². The number of hydrogen-bond donors (Lipinski definition) is 2. The van der Waals surface area contributed by atoms with Crippen molar-refractivity contribution in [3.8, 4) is 0 Å². The Morgan fingerprint density at radius 3 is 2.79 bits per heavy atom. The third-order valence-electron chi connectivity index (χ3n) is 2.59. The number of anilines is 1. The minimum atomic E-state index is -3.63. The predicted molar refractivity (Wildman–Crippen MR) is 76.7 cm³/mol. The Hall–Kier alpha value is -1.15. The number of nitrogens with two attached hydrogens (primary N) is 1. The first-order valence-corrected chi connectivity index (χ1v) is 8.07.